The molecule has 0 unspecified atom stereocenters. The molecular weight excluding hydrogens is 238 g/mol. The van der Waals surface area contributed by atoms with E-state index >= 15 is 0 Å². The molecule has 0 spiro atoms. The van der Waals surface area contributed by atoms with E-state index < -0.39 is 6.10 Å². The molecule has 2 N–H and O–H groups in total. The van der Waals surface area contributed by atoms with Crippen LogP contribution in [0.1, 0.15) is 30.2 Å². The summed E-state index contributed by atoms with van der Waals surface area (Å²) in [4.78, 5) is 11.3. The van der Waals surface area contributed by atoms with Gasteiger partial charge in [-0.3, -0.25) is 4.79 Å². The Bertz CT molecular complexity index is 525. The van der Waals surface area contributed by atoms with Gasteiger partial charge in [0.25, 0.3) is 0 Å². The fourth-order valence-corrected chi connectivity index (χ4v) is 2.02. The van der Waals surface area contributed by atoms with Gasteiger partial charge in [0, 0.05) is 6.92 Å². The zero-order valence-corrected chi connectivity index (χ0v) is 10.8. The topological polar surface area (TPSA) is 52.3 Å². The van der Waals surface area contributed by atoms with E-state index in [1.54, 1.807) is 0 Å². The molecule has 0 saturated carbocycles. The number of hydrogen-bond donors (Lipinski definition) is 1. The molecule has 19 heavy (non-hydrogen) atoms. The van der Waals surface area contributed by atoms with Crippen LogP contribution in [0.3, 0.4) is 0 Å². The van der Waals surface area contributed by atoms with E-state index in [2.05, 4.69) is 0 Å². The van der Waals surface area contributed by atoms with Crippen LogP contribution in [0.5, 0.6) is 0 Å². The highest BCUT2D eigenvalue weighted by molar-refractivity contribution is 5.66. The van der Waals surface area contributed by atoms with E-state index in [4.69, 9.17) is 10.5 Å². The molecule has 2 atom stereocenters. The number of nitrogens with two attached hydrogens (primary N) is 1. The van der Waals surface area contributed by atoms with E-state index in [-0.39, 0.29) is 12.0 Å². The summed E-state index contributed by atoms with van der Waals surface area (Å²) in [5.74, 6) is -0.333. The molecule has 2 aromatic carbocycles. The largest absolute Gasteiger partial charge is 0.456 e. The van der Waals surface area contributed by atoms with Crippen LogP contribution in [-0.4, -0.2) is 5.97 Å². The average Bonchev–Trinajstić information content (AvgIpc) is 2.46. The van der Waals surface area contributed by atoms with Gasteiger partial charge >= 0.3 is 5.97 Å². The van der Waals surface area contributed by atoms with Gasteiger partial charge < -0.3 is 10.5 Å². The first-order valence-corrected chi connectivity index (χ1v) is 6.21. The van der Waals surface area contributed by atoms with Crippen LogP contribution in [0.2, 0.25) is 0 Å². The molecule has 0 aromatic heterocycles. The van der Waals surface area contributed by atoms with Crippen molar-refractivity contribution in [2.45, 2.75) is 19.1 Å². The molecule has 0 radical (unpaired) electrons. The first-order chi connectivity index (χ1) is 9.18. The number of carbonyl (C=O) groups excluding carboxylic acids is 1. The molecule has 2 rings (SSSR count). The first-order valence-electron chi connectivity index (χ1n) is 6.21. The highest BCUT2D eigenvalue weighted by Crippen LogP contribution is 2.30. The number of esters is 1. The molecule has 98 valence electrons. The van der Waals surface area contributed by atoms with Crippen molar-refractivity contribution in [1.82, 2.24) is 0 Å². The maximum atomic E-state index is 11.3. The lowest BCUT2D eigenvalue weighted by atomic mass is 9.96. The molecule has 3 heteroatoms. The van der Waals surface area contributed by atoms with Gasteiger partial charge in [0.15, 0.2) is 0 Å². The predicted molar refractivity (Wildman–Crippen MR) is 74.3 cm³/mol. The molecule has 0 aliphatic rings. The predicted octanol–water partition coefficient (Wildman–Crippen LogP) is 2.99. The van der Waals surface area contributed by atoms with Gasteiger partial charge in [0.2, 0.25) is 0 Å². The van der Waals surface area contributed by atoms with Crippen LogP contribution in [0.15, 0.2) is 60.7 Å². The van der Waals surface area contributed by atoms with Crippen LogP contribution in [0, 0.1) is 0 Å². The molecule has 0 aliphatic heterocycles. The number of ether oxygens (including phenoxy) is 1. The molecule has 0 bridgehead atoms. The van der Waals surface area contributed by atoms with Gasteiger partial charge in [-0.15, -0.1) is 0 Å². The molecule has 0 heterocycles. The Morgan fingerprint density at radius 2 is 1.42 bits per heavy atom. The quantitative estimate of drug-likeness (QED) is 0.854. The standard InChI is InChI=1S/C16H17NO2/c1-12(18)19-16(14-10-6-3-7-11-14)15(17)13-8-4-2-5-9-13/h2-11,15-16H,17H2,1H3/t15-,16+/m1/s1. The Morgan fingerprint density at radius 3 is 1.89 bits per heavy atom. The Balaban J connectivity index is 2.30. The second-order valence-corrected chi connectivity index (χ2v) is 4.38. The van der Waals surface area contributed by atoms with Crippen LogP contribution in [-0.2, 0) is 9.53 Å². The van der Waals surface area contributed by atoms with Crippen molar-refractivity contribution in [3.8, 4) is 0 Å². The third kappa shape index (κ3) is 3.42. The lowest BCUT2D eigenvalue weighted by Crippen LogP contribution is -2.23. The summed E-state index contributed by atoms with van der Waals surface area (Å²) < 4.78 is 5.39. The summed E-state index contributed by atoms with van der Waals surface area (Å²) in [6.07, 6.45) is -0.471. The fourth-order valence-electron chi connectivity index (χ4n) is 2.02. The molecule has 0 aliphatic carbocycles. The number of hydrogen-bond acceptors (Lipinski definition) is 3. The van der Waals surface area contributed by atoms with Crippen molar-refractivity contribution in [2.75, 3.05) is 0 Å². The van der Waals surface area contributed by atoms with Gasteiger partial charge in [-0.25, -0.2) is 0 Å². The molecule has 0 amide bonds. The van der Waals surface area contributed by atoms with Gasteiger partial charge in [-0.1, -0.05) is 60.7 Å². The zero-order chi connectivity index (χ0) is 13.7. The molecule has 0 fully saturated rings. The summed E-state index contributed by atoms with van der Waals surface area (Å²) >= 11 is 0. The van der Waals surface area contributed by atoms with E-state index in [0.717, 1.165) is 11.1 Å². The maximum absolute atomic E-state index is 11.3. The Morgan fingerprint density at radius 1 is 0.947 bits per heavy atom. The highest BCUT2D eigenvalue weighted by atomic mass is 16.5. The summed E-state index contributed by atoms with van der Waals surface area (Å²) in [5, 5.41) is 0. The second kappa shape index (κ2) is 6.16. The van der Waals surface area contributed by atoms with E-state index in [1.807, 2.05) is 60.7 Å². The van der Waals surface area contributed by atoms with Gasteiger partial charge in [0.05, 0.1) is 6.04 Å². The summed E-state index contributed by atoms with van der Waals surface area (Å²) in [6.45, 7) is 1.40. The third-order valence-electron chi connectivity index (χ3n) is 2.93. The van der Waals surface area contributed by atoms with Gasteiger partial charge in [-0.05, 0) is 11.1 Å². The normalized spacial score (nSPS) is 13.6. The van der Waals surface area contributed by atoms with Crippen molar-refractivity contribution in [2.24, 2.45) is 5.73 Å². The van der Waals surface area contributed by atoms with Crippen molar-refractivity contribution in [3.63, 3.8) is 0 Å². The van der Waals surface area contributed by atoms with Crippen LogP contribution >= 0.6 is 0 Å². The fraction of sp³-hybridized carbons (Fsp3) is 0.188. The van der Waals surface area contributed by atoms with Crippen molar-refractivity contribution in [3.05, 3.63) is 71.8 Å². The van der Waals surface area contributed by atoms with Gasteiger partial charge in [-0.2, -0.15) is 0 Å². The van der Waals surface area contributed by atoms with E-state index in [9.17, 15) is 4.79 Å². The van der Waals surface area contributed by atoms with Crippen LogP contribution < -0.4 is 5.73 Å². The van der Waals surface area contributed by atoms with Gasteiger partial charge in [0.1, 0.15) is 6.10 Å². The summed E-state index contributed by atoms with van der Waals surface area (Å²) in [5.41, 5.74) is 8.08. The summed E-state index contributed by atoms with van der Waals surface area (Å²) in [7, 11) is 0. The molecule has 2 aromatic rings. The Labute approximate surface area is 113 Å². The average molecular weight is 255 g/mol. The molecule has 3 nitrogen and oxygen atoms in total. The maximum Gasteiger partial charge on any atom is 0.303 e. The molecule has 0 saturated heterocycles. The minimum absolute atomic E-state index is 0.333. The number of carbonyl (C=O) groups is 1. The summed E-state index contributed by atoms with van der Waals surface area (Å²) in [6, 6.07) is 18.8. The van der Waals surface area contributed by atoms with Crippen molar-refractivity contribution in [1.29, 1.82) is 0 Å². The smallest absolute Gasteiger partial charge is 0.303 e. The third-order valence-corrected chi connectivity index (χ3v) is 2.93. The lowest BCUT2D eigenvalue weighted by Gasteiger charge is -2.24. The second-order valence-electron chi connectivity index (χ2n) is 4.38. The minimum Gasteiger partial charge on any atom is -0.456 e. The number of benzene rings is 2. The van der Waals surface area contributed by atoms with Crippen molar-refractivity contribution < 1.29 is 9.53 Å². The monoisotopic (exact) mass is 255 g/mol. The highest BCUT2D eigenvalue weighted by Gasteiger charge is 2.23. The first kappa shape index (κ1) is 13.3. The van der Waals surface area contributed by atoms with Crippen LogP contribution in [0.25, 0.3) is 0 Å². The minimum atomic E-state index is -0.471. The Hall–Kier alpha value is -2.13. The van der Waals surface area contributed by atoms with Crippen LogP contribution in [0.4, 0.5) is 0 Å². The SMILES string of the molecule is CC(=O)O[C@@H](c1ccccc1)[C@H](N)c1ccccc1. The number of rotatable bonds is 4. The Kier molecular flexibility index (Phi) is 4.31. The molecular formula is C16H17NO2. The zero-order valence-electron chi connectivity index (χ0n) is 10.8. The van der Waals surface area contributed by atoms with Crippen molar-refractivity contribution >= 4 is 5.97 Å². The van der Waals surface area contributed by atoms with E-state index in [0.29, 0.717) is 0 Å². The van der Waals surface area contributed by atoms with E-state index in [1.165, 1.54) is 6.92 Å². The lowest BCUT2D eigenvalue weighted by molar-refractivity contribution is -0.148.